The number of carbonyl (C=O) groups excluding carboxylic acids is 1. The second-order valence-electron chi connectivity index (χ2n) is 6.29. The molecular weight excluding hydrogens is 320 g/mol. The molecule has 1 saturated carbocycles. The number of aromatic nitrogens is 2. The molecule has 4 nitrogen and oxygen atoms in total. The molecule has 0 radical (unpaired) electrons. The Morgan fingerprint density at radius 1 is 1.12 bits per heavy atom. The monoisotopic (exact) mass is 338 g/mol. The number of hydrogen-bond acceptors (Lipinski definition) is 4. The Morgan fingerprint density at radius 3 is 2.62 bits per heavy atom. The molecule has 4 rings (SSSR count). The van der Waals surface area contributed by atoms with Gasteiger partial charge in [0.2, 0.25) is 0 Å². The minimum atomic E-state index is -0.0743. The molecule has 1 aromatic heterocycles. The van der Waals surface area contributed by atoms with Gasteiger partial charge in [-0.3, -0.25) is 14.2 Å². The molecule has 0 bridgehead atoms. The number of rotatable bonds is 2. The molecule has 0 spiro atoms. The summed E-state index contributed by atoms with van der Waals surface area (Å²) in [4.78, 5) is 29.5. The first-order valence-corrected chi connectivity index (χ1v) is 9.10. The molecule has 2 aromatic carbocycles. The Bertz CT molecular complexity index is 1010. The average molecular weight is 338 g/mol. The van der Waals surface area contributed by atoms with Gasteiger partial charge in [0, 0.05) is 13.5 Å². The third-order valence-corrected chi connectivity index (χ3v) is 6.01. The van der Waals surface area contributed by atoms with E-state index in [9.17, 15) is 9.59 Å². The SMILES string of the molecule is Cn1c(S[C@@H]2CCCCC2=O)nc2cc3ccccc3cc2c1=O. The highest BCUT2D eigenvalue weighted by Gasteiger charge is 2.25. The molecule has 24 heavy (non-hydrogen) atoms. The zero-order valence-corrected chi connectivity index (χ0v) is 14.3. The van der Waals surface area contributed by atoms with Crippen LogP contribution in [0.25, 0.3) is 21.7 Å². The Labute approximate surface area is 143 Å². The second-order valence-corrected chi connectivity index (χ2v) is 7.46. The molecule has 122 valence electrons. The van der Waals surface area contributed by atoms with E-state index in [1.165, 1.54) is 11.8 Å². The van der Waals surface area contributed by atoms with Gasteiger partial charge in [0.25, 0.3) is 5.56 Å². The van der Waals surface area contributed by atoms with E-state index in [2.05, 4.69) is 4.98 Å². The summed E-state index contributed by atoms with van der Waals surface area (Å²) in [6, 6.07) is 11.8. The van der Waals surface area contributed by atoms with E-state index in [0.717, 1.165) is 30.0 Å². The highest BCUT2D eigenvalue weighted by atomic mass is 32.2. The number of nitrogens with zero attached hydrogens (tertiary/aromatic N) is 2. The van der Waals surface area contributed by atoms with Crippen LogP contribution in [0.1, 0.15) is 25.7 Å². The maximum atomic E-state index is 12.7. The molecule has 0 aliphatic heterocycles. The van der Waals surface area contributed by atoms with E-state index in [4.69, 9.17) is 0 Å². The number of ketones is 1. The molecule has 1 aliphatic carbocycles. The largest absolute Gasteiger partial charge is 0.298 e. The third-order valence-electron chi connectivity index (χ3n) is 4.65. The minimum absolute atomic E-state index is 0.0588. The van der Waals surface area contributed by atoms with Gasteiger partial charge in [0.15, 0.2) is 5.16 Å². The van der Waals surface area contributed by atoms with E-state index >= 15 is 0 Å². The number of Topliss-reactive ketones (excluding diaryl/α,β-unsaturated/α-hetero) is 1. The molecule has 0 saturated heterocycles. The van der Waals surface area contributed by atoms with Crippen molar-refractivity contribution in [2.24, 2.45) is 7.05 Å². The van der Waals surface area contributed by atoms with Crippen molar-refractivity contribution >= 4 is 39.2 Å². The molecule has 0 N–H and O–H groups in total. The van der Waals surface area contributed by atoms with E-state index in [-0.39, 0.29) is 16.6 Å². The molecule has 0 amide bonds. The van der Waals surface area contributed by atoms with Crippen molar-refractivity contribution in [3.63, 3.8) is 0 Å². The molecular formula is C19H18N2O2S. The quantitative estimate of drug-likeness (QED) is 0.528. The van der Waals surface area contributed by atoms with Gasteiger partial charge in [0.05, 0.1) is 16.2 Å². The smallest absolute Gasteiger partial charge is 0.261 e. The number of benzene rings is 2. The number of fused-ring (bicyclic) bond motifs is 2. The van der Waals surface area contributed by atoms with Crippen LogP contribution in [-0.2, 0) is 11.8 Å². The lowest BCUT2D eigenvalue weighted by atomic mass is 9.99. The van der Waals surface area contributed by atoms with E-state index in [1.807, 2.05) is 36.4 Å². The van der Waals surface area contributed by atoms with Crippen molar-refractivity contribution in [2.75, 3.05) is 0 Å². The van der Waals surface area contributed by atoms with Gasteiger partial charge in [-0.1, -0.05) is 42.4 Å². The van der Waals surface area contributed by atoms with Gasteiger partial charge in [-0.15, -0.1) is 0 Å². The summed E-state index contributed by atoms with van der Waals surface area (Å²) in [6.07, 6.45) is 3.56. The summed E-state index contributed by atoms with van der Waals surface area (Å²) in [6.45, 7) is 0. The summed E-state index contributed by atoms with van der Waals surface area (Å²) in [5.74, 6) is 0.277. The van der Waals surface area contributed by atoms with E-state index in [0.29, 0.717) is 22.5 Å². The average Bonchev–Trinajstić information content (AvgIpc) is 2.60. The summed E-state index contributed by atoms with van der Waals surface area (Å²) in [7, 11) is 1.74. The third kappa shape index (κ3) is 2.63. The zero-order chi connectivity index (χ0) is 16.7. The Morgan fingerprint density at radius 2 is 1.88 bits per heavy atom. The van der Waals surface area contributed by atoms with Gasteiger partial charge in [-0.2, -0.15) is 0 Å². The van der Waals surface area contributed by atoms with E-state index in [1.54, 1.807) is 11.6 Å². The first-order chi connectivity index (χ1) is 11.6. The van der Waals surface area contributed by atoms with Crippen molar-refractivity contribution < 1.29 is 4.79 Å². The summed E-state index contributed by atoms with van der Waals surface area (Å²) >= 11 is 1.44. The van der Waals surface area contributed by atoms with Crippen LogP contribution in [0.4, 0.5) is 0 Å². The normalized spacial score (nSPS) is 18.4. The lowest BCUT2D eigenvalue weighted by Gasteiger charge is -2.20. The fourth-order valence-electron chi connectivity index (χ4n) is 3.25. The number of thioether (sulfide) groups is 1. The predicted octanol–water partition coefficient (Wildman–Crippen LogP) is 3.69. The Kier molecular flexibility index (Phi) is 3.88. The van der Waals surface area contributed by atoms with Crippen molar-refractivity contribution in [2.45, 2.75) is 36.1 Å². The van der Waals surface area contributed by atoms with Crippen molar-refractivity contribution in [3.05, 3.63) is 46.8 Å². The van der Waals surface area contributed by atoms with Crippen LogP contribution in [0.15, 0.2) is 46.3 Å². The van der Waals surface area contributed by atoms with Crippen LogP contribution >= 0.6 is 11.8 Å². The van der Waals surface area contributed by atoms with Crippen molar-refractivity contribution in [3.8, 4) is 0 Å². The molecule has 1 atom stereocenters. The fourth-order valence-corrected chi connectivity index (χ4v) is 4.43. The number of carbonyl (C=O) groups is 1. The van der Waals surface area contributed by atoms with Crippen LogP contribution in [0.3, 0.4) is 0 Å². The highest BCUT2D eigenvalue weighted by Crippen LogP contribution is 2.31. The van der Waals surface area contributed by atoms with E-state index < -0.39 is 0 Å². The molecule has 1 heterocycles. The van der Waals surface area contributed by atoms with Crippen LogP contribution in [0, 0.1) is 0 Å². The Balaban J connectivity index is 1.84. The van der Waals surface area contributed by atoms with Crippen LogP contribution < -0.4 is 5.56 Å². The van der Waals surface area contributed by atoms with Crippen LogP contribution in [-0.4, -0.2) is 20.6 Å². The van der Waals surface area contributed by atoms with Gasteiger partial charge in [-0.05, 0) is 35.7 Å². The highest BCUT2D eigenvalue weighted by molar-refractivity contribution is 8.00. The van der Waals surface area contributed by atoms with Gasteiger partial charge < -0.3 is 0 Å². The number of hydrogen-bond donors (Lipinski definition) is 0. The first kappa shape index (κ1) is 15.4. The molecule has 3 aromatic rings. The maximum Gasteiger partial charge on any atom is 0.261 e. The van der Waals surface area contributed by atoms with Crippen molar-refractivity contribution in [1.82, 2.24) is 9.55 Å². The summed E-state index contributed by atoms with van der Waals surface area (Å²) < 4.78 is 1.57. The summed E-state index contributed by atoms with van der Waals surface area (Å²) in [5, 5.41) is 3.27. The molecule has 0 unspecified atom stereocenters. The van der Waals surface area contributed by atoms with Crippen molar-refractivity contribution in [1.29, 1.82) is 0 Å². The zero-order valence-electron chi connectivity index (χ0n) is 13.5. The predicted molar refractivity (Wildman–Crippen MR) is 97.6 cm³/mol. The van der Waals surface area contributed by atoms with Crippen LogP contribution in [0.2, 0.25) is 0 Å². The Hall–Kier alpha value is -2.14. The second kappa shape index (κ2) is 6.06. The lowest BCUT2D eigenvalue weighted by Crippen LogP contribution is -2.25. The first-order valence-electron chi connectivity index (χ1n) is 8.22. The molecule has 1 fully saturated rings. The fraction of sp³-hybridized carbons (Fsp3) is 0.316. The minimum Gasteiger partial charge on any atom is -0.298 e. The van der Waals surface area contributed by atoms with Gasteiger partial charge in [-0.25, -0.2) is 4.98 Å². The standard InChI is InChI=1S/C19H18N2O2S/c1-21-18(23)14-10-12-6-2-3-7-13(12)11-15(14)20-19(21)24-17-9-5-4-8-16(17)22/h2-3,6-7,10-11,17H,4-5,8-9H2,1H3/t17-/m1/s1. The van der Waals surface area contributed by atoms with Gasteiger partial charge in [0.1, 0.15) is 5.78 Å². The van der Waals surface area contributed by atoms with Crippen LogP contribution in [0.5, 0.6) is 0 Å². The van der Waals surface area contributed by atoms with Gasteiger partial charge >= 0.3 is 0 Å². The lowest BCUT2D eigenvalue weighted by molar-refractivity contribution is -0.119. The molecule has 1 aliphatic rings. The maximum absolute atomic E-state index is 12.7. The topological polar surface area (TPSA) is 52.0 Å². The summed E-state index contributed by atoms with van der Waals surface area (Å²) in [5.41, 5.74) is 0.638. The molecule has 5 heteroatoms.